The van der Waals surface area contributed by atoms with Crippen LogP contribution in [0.2, 0.25) is 0 Å². The molecule has 0 amide bonds. The number of hydrogen-bond acceptors (Lipinski definition) is 4. The van der Waals surface area contributed by atoms with Gasteiger partial charge in [0.1, 0.15) is 5.75 Å². The Morgan fingerprint density at radius 2 is 1.87 bits per heavy atom. The van der Waals surface area contributed by atoms with Crippen LogP contribution in [0.5, 0.6) is 5.75 Å². The molecule has 0 aliphatic rings. The van der Waals surface area contributed by atoms with Crippen molar-refractivity contribution in [2.45, 2.75) is 12.1 Å². The van der Waals surface area contributed by atoms with Crippen molar-refractivity contribution >= 4 is 22.8 Å². The molecule has 1 heterocycles. The predicted octanol–water partition coefficient (Wildman–Crippen LogP) is 4.16. The number of methoxy groups -OCH3 is 1. The van der Waals surface area contributed by atoms with Crippen molar-refractivity contribution in [1.82, 2.24) is 9.55 Å². The molecule has 23 heavy (non-hydrogen) atoms. The SMILES string of the molecule is CCOc1ccc(-n2c(SCCOC)nc3ccccc32)cc1. The van der Waals surface area contributed by atoms with Gasteiger partial charge in [-0.05, 0) is 43.3 Å². The number of rotatable bonds is 7. The summed E-state index contributed by atoms with van der Waals surface area (Å²) in [6.45, 7) is 3.37. The van der Waals surface area contributed by atoms with Gasteiger partial charge in [-0.1, -0.05) is 23.9 Å². The van der Waals surface area contributed by atoms with Gasteiger partial charge in [0.2, 0.25) is 0 Å². The van der Waals surface area contributed by atoms with E-state index in [-0.39, 0.29) is 0 Å². The third-order valence-corrected chi connectivity index (χ3v) is 4.36. The molecule has 1 aromatic heterocycles. The zero-order valence-electron chi connectivity index (χ0n) is 13.4. The van der Waals surface area contributed by atoms with E-state index in [0.29, 0.717) is 13.2 Å². The second kappa shape index (κ2) is 7.53. The fourth-order valence-electron chi connectivity index (χ4n) is 2.42. The molecule has 0 fully saturated rings. The van der Waals surface area contributed by atoms with Crippen molar-refractivity contribution in [2.75, 3.05) is 26.1 Å². The Morgan fingerprint density at radius 1 is 1.09 bits per heavy atom. The molecule has 120 valence electrons. The Bertz CT molecular complexity index is 768. The number of nitrogens with zero attached hydrogens (tertiary/aromatic N) is 2. The van der Waals surface area contributed by atoms with E-state index >= 15 is 0 Å². The van der Waals surface area contributed by atoms with Gasteiger partial charge in [-0.15, -0.1) is 0 Å². The summed E-state index contributed by atoms with van der Waals surface area (Å²) >= 11 is 1.70. The van der Waals surface area contributed by atoms with Crippen LogP contribution in [-0.4, -0.2) is 35.6 Å². The lowest BCUT2D eigenvalue weighted by Crippen LogP contribution is -1.99. The summed E-state index contributed by atoms with van der Waals surface area (Å²) in [6.07, 6.45) is 0. The van der Waals surface area contributed by atoms with Crippen molar-refractivity contribution in [3.63, 3.8) is 0 Å². The molecule has 0 saturated carbocycles. The van der Waals surface area contributed by atoms with Crippen molar-refractivity contribution in [1.29, 1.82) is 0 Å². The second-order valence-electron chi connectivity index (χ2n) is 4.99. The van der Waals surface area contributed by atoms with Crippen molar-refractivity contribution < 1.29 is 9.47 Å². The van der Waals surface area contributed by atoms with Gasteiger partial charge in [-0.2, -0.15) is 0 Å². The zero-order chi connectivity index (χ0) is 16.1. The molecule has 0 spiro atoms. The van der Waals surface area contributed by atoms with Gasteiger partial charge in [0, 0.05) is 18.6 Å². The highest BCUT2D eigenvalue weighted by atomic mass is 32.2. The highest BCUT2D eigenvalue weighted by Gasteiger charge is 2.12. The van der Waals surface area contributed by atoms with Crippen LogP contribution in [0.4, 0.5) is 0 Å². The Morgan fingerprint density at radius 3 is 2.61 bits per heavy atom. The maximum Gasteiger partial charge on any atom is 0.173 e. The number of aromatic nitrogens is 2. The van der Waals surface area contributed by atoms with E-state index in [9.17, 15) is 0 Å². The molecule has 3 rings (SSSR count). The molecule has 5 heteroatoms. The van der Waals surface area contributed by atoms with Crippen LogP contribution in [0.15, 0.2) is 53.7 Å². The van der Waals surface area contributed by atoms with Crippen LogP contribution >= 0.6 is 11.8 Å². The Kier molecular flexibility index (Phi) is 5.20. The fraction of sp³-hybridized carbons (Fsp3) is 0.278. The molecule has 4 nitrogen and oxygen atoms in total. The molecule has 3 aromatic rings. The lowest BCUT2D eigenvalue weighted by Gasteiger charge is -2.10. The van der Waals surface area contributed by atoms with Gasteiger partial charge in [0.15, 0.2) is 5.16 Å². The maximum absolute atomic E-state index is 5.53. The van der Waals surface area contributed by atoms with E-state index in [0.717, 1.165) is 33.4 Å². The third kappa shape index (κ3) is 3.51. The van der Waals surface area contributed by atoms with E-state index in [1.807, 2.05) is 37.3 Å². The summed E-state index contributed by atoms with van der Waals surface area (Å²) in [5, 5.41) is 0.979. The van der Waals surface area contributed by atoms with E-state index in [1.165, 1.54) is 0 Å². The molecule has 0 atom stereocenters. The van der Waals surface area contributed by atoms with Crippen molar-refractivity contribution in [3.8, 4) is 11.4 Å². The van der Waals surface area contributed by atoms with Crippen LogP contribution in [0.25, 0.3) is 16.7 Å². The second-order valence-corrected chi connectivity index (χ2v) is 6.05. The zero-order valence-corrected chi connectivity index (χ0v) is 14.2. The number of imidazole rings is 1. The number of benzene rings is 2. The van der Waals surface area contributed by atoms with E-state index in [2.05, 4.69) is 22.8 Å². The summed E-state index contributed by atoms with van der Waals surface area (Å²) in [6, 6.07) is 16.3. The van der Waals surface area contributed by atoms with Gasteiger partial charge in [0.25, 0.3) is 0 Å². The van der Waals surface area contributed by atoms with E-state index in [4.69, 9.17) is 14.5 Å². The van der Waals surface area contributed by atoms with Crippen molar-refractivity contribution in [2.24, 2.45) is 0 Å². The first-order chi connectivity index (χ1) is 11.3. The van der Waals surface area contributed by atoms with Crippen LogP contribution in [0.1, 0.15) is 6.92 Å². The van der Waals surface area contributed by atoms with Gasteiger partial charge >= 0.3 is 0 Å². The largest absolute Gasteiger partial charge is 0.494 e. The fourth-order valence-corrected chi connectivity index (χ4v) is 3.35. The van der Waals surface area contributed by atoms with Gasteiger partial charge in [-0.3, -0.25) is 4.57 Å². The summed E-state index contributed by atoms with van der Waals surface area (Å²) in [5.74, 6) is 1.76. The molecule has 0 saturated heterocycles. The standard InChI is InChI=1S/C18H20N2O2S/c1-3-22-15-10-8-14(9-11-15)20-17-7-5-4-6-16(17)19-18(20)23-13-12-21-2/h4-11H,3,12-13H2,1-2H3. The lowest BCUT2D eigenvalue weighted by atomic mass is 10.2. The highest BCUT2D eigenvalue weighted by molar-refractivity contribution is 7.99. The summed E-state index contributed by atoms with van der Waals surface area (Å²) in [7, 11) is 1.72. The van der Waals surface area contributed by atoms with Gasteiger partial charge < -0.3 is 9.47 Å². The lowest BCUT2D eigenvalue weighted by molar-refractivity contribution is 0.218. The number of ether oxygens (including phenoxy) is 2. The van der Waals surface area contributed by atoms with Crippen LogP contribution < -0.4 is 4.74 Å². The van der Waals surface area contributed by atoms with Crippen LogP contribution in [0.3, 0.4) is 0 Å². The quantitative estimate of drug-likeness (QED) is 0.482. The Labute approximate surface area is 140 Å². The molecule has 2 aromatic carbocycles. The predicted molar refractivity (Wildman–Crippen MR) is 94.8 cm³/mol. The van der Waals surface area contributed by atoms with Gasteiger partial charge in [-0.25, -0.2) is 4.98 Å². The van der Waals surface area contributed by atoms with E-state index < -0.39 is 0 Å². The number of hydrogen-bond donors (Lipinski definition) is 0. The van der Waals surface area contributed by atoms with Crippen LogP contribution in [0, 0.1) is 0 Å². The molecule has 0 radical (unpaired) electrons. The summed E-state index contributed by atoms with van der Waals surface area (Å²) in [5.41, 5.74) is 3.19. The van der Waals surface area contributed by atoms with Crippen LogP contribution in [-0.2, 0) is 4.74 Å². The Balaban J connectivity index is 2.01. The van der Waals surface area contributed by atoms with E-state index in [1.54, 1.807) is 18.9 Å². The summed E-state index contributed by atoms with van der Waals surface area (Å²) < 4.78 is 12.9. The minimum Gasteiger partial charge on any atom is -0.494 e. The maximum atomic E-state index is 5.53. The average molecular weight is 328 g/mol. The van der Waals surface area contributed by atoms with Crippen molar-refractivity contribution in [3.05, 3.63) is 48.5 Å². The molecule has 0 aliphatic carbocycles. The molecule has 0 N–H and O–H groups in total. The average Bonchev–Trinajstić information content (AvgIpc) is 2.94. The monoisotopic (exact) mass is 328 g/mol. The smallest absolute Gasteiger partial charge is 0.173 e. The first kappa shape index (κ1) is 15.9. The number of thioether (sulfide) groups is 1. The first-order valence-electron chi connectivity index (χ1n) is 7.66. The topological polar surface area (TPSA) is 36.3 Å². The first-order valence-corrected chi connectivity index (χ1v) is 8.64. The van der Waals surface area contributed by atoms with Gasteiger partial charge in [0.05, 0.1) is 24.2 Å². The third-order valence-electron chi connectivity index (χ3n) is 3.45. The minimum atomic E-state index is 0.672. The highest BCUT2D eigenvalue weighted by Crippen LogP contribution is 2.28. The number of para-hydroxylation sites is 2. The Hall–Kier alpha value is -1.98. The summed E-state index contributed by atoms with van der Waals surface area (Å²) in [4.78, 5) is 4.76. The molecule has 0 unspecified atom stereocenters. The molecule has 0 aliphatic heterocycles. The molecular formula is C18H20N2O2S. The minimum absolute atomic E-state index is 0.672. The number of fused-ring (bicyclic) bond motifs is 1. The normalized spacial score (nSPS) is 11.0. The molecule has 0 bridgehead atoms. The molecular weight excluding hydrogens is 308 g/mol.